The fraction of sp³-hybridized carbons (Fsp3) is 0.304. The third-order valence-electron chi connectivity index (χ3n) is 5.22. The first kappa shape index (κ1) is 18.9. The standard InChI is InChI=1S/C23H25ClN4/c1-28(2)13-5-12-25-23-26-15-17-14-21(16-8-10-18(24)11-9-16)19-6-3-4-7-20(19)22(17)27-23/h3-4,6-11,15,21H,5,12-14H2,1-2H3,(H,25,26,27). The maximum Gasteiger partial charge on any atom is 0.223 e. The van der Waals surface area contributed by atoms with Gasteiger partial charge in [0.15, 0.2) is 0 Å². The van der Waals surface area contributed by atoms with Crippen LogP contribution in [0.15, 0.2) is 54.7 Å². The molecule has 144 valence electrons. The lowest BCUT2D eigenvalue weighted by Gasteiger charge is -2.27. The number of anilines is 1. The second-order valence-corrected chi connectivity index (χ2v) is 7.98. The van der Waals surface area contributed by atoms with Crippen LogP contribution in [-0.4, -0.2) is 42.1 Å². The summed E-state index contributed by atoms with van der Waals surface area (Å²) in [4.78, 5) is 11.6. The fourth-order valence-corrected chi connectivity index (χ4v) is 3.93. The summed E-state index contributed by atoms with van der Waals surface area (Å²) in [7, 11) is 4.17. The lowest BCUT2D eigenvalue weighted by Crippen LogP contribution is -2.18. The Morgan fingerprint density at radius 1 is 1.11 bits per heavy atom. The van der Waals surface area contributed by atoms with Crippen LogP contribution in [0.25, 0.3) is 11.3 Å². The maximum atomic E-state index is 6.09. The summed E-state index contributed by atoms with van der Waals surface area (Å²) in [5.41, 5.74) is 6.02. The minimum atomic E-state index is 0.295. The van der Waals surface area contributed by atoms with Gasteiger partial charge in [-0.1, -0.05) is 48.0 Å². The Balaban J connectivity index is 1.62. The zero-order valence-corrected chi connectivity index (χ0v) is 17.1. The zero-order valence-electron chi connectivity index (χ0n) is 16.3. The molecule has 1 unspecified atom stereocenters. The van der Waals surface area contributed by atoms with Crippen LogP contribution in [0.4, 0.5) is 5.95 Å². The monoisotopic (exact) mass is 392 g/mol. The molecule has 4 rings (SSSR count). The van der Waals surface area contributed by atoms with Gasteiger partial charge < -0.3 is 10.2 Å². The van der Waals surface area contributed by atoms with E-state index in [1.165, 1.54) is 22.3 Å². The smallest absolute Gasteiger partial charge is 0.223 e. The SMILES string of the molecule is CN(C)CCCNc1ncc2c(n1)-c1ccccc1C(c1ccc(Cl)cc1)C2. The predicted octanol–water partition coefficient (Wildman–Crippen LogP) is 4.85. The quantitative estimate of drug-likeness (QED) is 0.609. The molecule has 1 aliphatic rings. The van der Waals surface area contributed by atoms with Crippen molar-refractivity contribution in [2.45, 2.75) is 18.8 Å². The van der Waals surface area contributed by atoms with E-state index in [-0.39, 0.29) is 0 Å². The van der Waals surface area contributed by atoms with Gasteiger partial charge in [-0.3, -0.25) is 0 Å². The highest BCUT2D eigenvalue weighted by Gasteiger charge is 2.27. The van der Waals surface area contributed by atoms with Crippen LogP contribution in [0.1, 0.15) is 29.0 Å². The Bertz CT molecular complexity index is 953. The van der Waals surface area contributed by atoms with Gasteiger partial charge in [0, 0.05) is 29.2 Å². The fourth-order valence-electron chi connectivity index (χ4n) is 3.81. The molecule has 1 N–H and O–H groups in total. The van der Waals surface area contributed by atoms with Crippen LogP contribution in [0, 0.1) is 0 Å². The van der Waals surface area contributed by atoms with Gasteiger partial charge in [-0.25, -0.2) is 9.97 Å². The molecule has 0 radical (unpaired) electrons. The Morgan fingerprint density at radius 3 is 2.68 bits per heavy atom. The van der Waals surface area contributed by atoms with E-state index in [0.717, 1.165) is 36.6 Å². The van der Waals surface area contributed by atoms with Crippen molar-refractivity contribution in [3.8, 4) is 11.3 Å². The molecule has 3 aromatic rings. The van der Waals surface area contributed by atoms with Crippen molar-refractivity contribution < 1.29 is 0 Å². The molecule has 2 aromatic carbocycles. The van der Waals surface area contributed by atoms with Gasteiger partial charge >= 0.3 is 0 Å². The molecule has 0 aliphatic heterocycles. The summed E-state index contributed by atoms with van der Waals surface area (Å²) in [5.74, 6) is 1.00. The van der Waals surface area contributed by atoms with E-state index in [1.54, 1.807) is 0 Å². The number of fused-ring (bicyclic) bond motifs is 3. The van der Waals surface area contributed by atoms with E-state index in [2.05, 4.69) is 65.7 Å². The van der Waals surface area contributed by atoms with E-state index in [1.807, 2.05) is 18.3 Å². The lowest BCUT2D eigenvalue weighted by molar-refractivity contribution is 0.405. The normalized spacial score (nSPS) is 15.2. The molecule has 1 aromatic heterocycles. The first-order chi connectivity index (χ1) is 13.6. The molecule has 28 heavy (non-hydrogen) atoms. The van der Waals surface area contributed by atoms with Crippen molar-refractivity contribution in [2.24, 2.45) is 0 Å². The van der Waals surface area contributed by atoms with Crippen molar-refractivity contribution in [3.63, 3.8) is 0 Å². The number of nitrogens with zero attached hydrogens (tertiary/aromatic N) is 3. The third-order valence-corrected chi connectivity index (χ3v) is 5.47. The van der Waals surface area contributed by atoms with Crippen LogP contribution in [0.3, 0.4) is 0 Å². The maximum absolute atomic E-state index is 6.09. The van der Waals surface area contributed by atoms with E-state index in [9.17, 15) is 0 Å². The first-order valence-electron chi connectivity index (χ1n) is 9.71. The number of hydrogen-bond donors (Lipinski definition) is 1. The number of rotatable bonds is 6. The average Bonchev–Trinajstić information content (AvgIpc) is 2.71. The number of aromatic nitrogens is 2. The Hall–Kier alpha value is -2.43. The summed E-state index contributed by atoms with van der Waals surface area (Å²) in [6, 6.07) is 16.7. The van der Waals surface area contributed by atoms with Crippen molar-refractivity contribution in [2.75, 3.05) is 32.5 Å². The molecule has 1 aliphatic carbocycles. The Labute approximate surface area is 171 Å². The molecular formula is C23H25ClN4. The van der Waals surface area contributed by atoms with Gasteiger partial charge in [-0.2, -0.15) is 0 Å². The Kier molecular flexibility index (Phi) is 5.60. The van der Waals surface area contributed by atoms with Gasteiger partial charge in [-0.15, -0.1) is 0 Å². The number of hydrogen-bond acceptors (Lipinski definition) is 4. The Morgan fingerprint density at radius 2 is 1.89 bits per heavy atom. The van der Waals surface area contributed by atoms with E-state index < -0.39 is 0 Å². The molecule has 0 saturated heterocycles. The van der Waals surface area contributed by atoms with Gasteiger partial charge in [0.25, 0.3) is 0 Å². The number of nitrogens with one attached hydrogen (secondary N) is 1. The largest absolute Gasteiger partial charge is 0.354 e. The van der Waals surface area contributed by atoms with Crippen molar-refractivity contribution in [3.05, 3.63) is 76.4 Å². The summed E-state index contributed by atoms with van der Waals surface area (Å²) >= 11 is 6.09. The number of benzene rings is 2. The molecule has 0 fully saturated rings. The van der Waals surface area contributed by atoms with E-state index in [4.69, 9.17) is 16.6 Å². The van der Waals surface area contributed by atoms with Crippen LogP contribution in [0.2, 0.25) is 5.02 Å². The minimum absolute atomic E-state index is 0.295. The van der Waals surface area contributed by atoms with Gasteiger partial charge in [0.1, 0.15) is 0 Å². The highest BCUT2D eigenvalue weighted by atomic mass is 35.5. The summed E-state index contributed by atoms with van der Waals surface area (Å²) in [6.07, 6.45) is 3.94. The summed E-state index contributed by atoms with van der Waals surface area (Å²) < 4.78 is 0. The second kappa shape index (κ2) is 8.29. The molecule has 1 heterocycles. The van der Waals surface area contributed by atoms with Gasteiger partial charge in [0.2, 0.25) is 5.95 Å². The van der Waals surface area contributed by atoms with Crippen molar-refractivity contribution in [1.29, 1.82) is 0 Å². The van der Waals surface area contributed by atoms with Crippen LogP contribution >= 0.6 is 11.6 Å². The predicted molar refractivity (Wildman–Crippen MR) is 116 cm³/mol. The number of halogens is 1. The highest BCUT2D eigenvalue weighted by molar-refractivity contribution is 6.30. The van der Waals surface area contributed by atoms with Gasteiger partial charge in [0.05, 0.1) is 5.69 Å². The van der Waals surface area contributed by atoms with Crippen LogP contribution in [-0.2, 0) is 6.42 Å². The summed E-state index contributed by atoms with van der Waals surface area (Å²) in [5, 5.41) is 4.13. The summed E-state index contributed by atoms with van der Waals surface area (Å²) in [6.45, 7) is 1.91. The molecule has 0 spiro atoms. The lowest BCUT2D eigenvalue weighted by atomic mass is 9.78. The van der Waals surface area contributed by atoms with E-state index in [0.29, 0.717) is 11.9 Å². The molecular weight excluding hydrogens is 368 g/mol. The zero-order chi connectivity index (χ0) is 19.5. The third kappa shape index (κ3) is 4.03. The molecule has 1 atom stereocenters. The minimum Gasteiger partial charge on any atom is -0.354 e. The van der Waals surface area contributed by atoms with Gasteiger partial charge in [-0.05, 0) is 62.3 Å². The van der Waals surface area contributed by atoms with Crippen molar-refractivity contribution >= 4 is 17.5 Å². The second-order valence-electron chi connectivity index (χ2n) is 7.55. The molecule has 4 nitrogen and oxygen atoms in total. The van der Waals surface area contributed by atoms with E-state index >= 15 is 0 Å². The average molecular weight is 393 g/mol. The topological polar surface area (TPSA) is 41.0 Å². The molecule has 5 heteroatoms. The first-order valence-corrected chi connectivity index (χ1v) is 10.1. The van der Waals surface area contributed by atoms with Crippen LogP contribution in [0.5, 0.6) is 0 Å². The van der Waals surface area contributed by atoms with Crippen LogP contribution < -0.4 is 5.32 Å². The molecule has 0 bridgehead atoms. The molecule has 0 amide bonds. The van der Waals surface area contributed by atoms with Crippen molar-refractivity contribution in [1.82, 2.24) is 14.9 Å². The molecule has 0 saturated carbocycles. The highest BCUT2D eigenvalue weighted by Crippen LogP contribution is 2.41.